The molecule has 1 fully saturated rings. The number of fused-ring (bicyclic) bond motifs is 2. The van der Waals surface area contributed by atoms with Gasteiger partial charge < -0.3 is 9.47 Å². The smallest absolute Gasteiger partial charge is 0.253 e. The van der Waals surface area contributed by atoms with Crippen molar-refractivity contribution in [2.45, 2.75) is 57.5 Å². The van der Waals surface area contributed by atoms with Crippen LogP contribution in [0.4, 0.5) is 0 Å². The average Bonchev–Trinajstić information content (AvgIpc) is 3.25. The number of piperidine rings is 1. The van der Waals surface area contributed by atoms with E-state index in [9.17, 15) is 18.0 Å². The molecule has 0 unspecified atom stereocenters. The summed E-state index contributed by atoms with van der Waals surface area (Å²) in [6.07, 6.45) is 1.54. The van der Waals surface area contributed by atoms with Crippen LogP contribution in [-0.2, 0) is 22.1 Å². The van der Waals surface area contributed by atoms with Crippen molar-refractivity contribution in [1.29, 1.82) is 0 Å². The summed E-state index contributed by atoms with van der Waals surface area (Å²) in [4.78, 5) is 30.7. The topological polar surface area (TPSA) is 91.7 Å². The van der Waals surface area contributed by atoms with Crippen molar-refractivity contribution in [2.75, 3.05) is 33.7 Å². The highest BCUT2D eigenvalue weighted by Crippen LogP contribution is 2.42. The van der Waals surface area contributed by atoms with Gasteiger partial charge in [0.15, 0.2) is 5.78 Å². The Bertz CT molecular complexity index is 1260. The zero-order valence-electron chi connectivity index (χ0n) is 21.5. The largest absolute Gasteiger partial charge is 0.339 e. The number of nitrogens with one attached hydrogen (secondary N) is 1. The van der Waals surface area contributed by atoms with Crippen molar-refractivity contribution in [3.05, 3.63) is 52.8 Å². The number of ketones is 1. The lowest BCUT2D eigenvalue weighted by atomic mass is 9.81. The van der Waals surface area contributed by atoms with Crippen LogP contribution in [0.1, 0.15) is 65.7 Å². The maximum absolute atomic E-state index is 13.3. The van der Waals surface area contributed by atoms with Crippen LogP contribution in [0.25, 0.3) is 0 Å². The first kappa shape index (κ1) is 25.6. The van der Waals surface area contributed by atoms with Gasteiger partial charge in [0.1, 0.15) is 0 Å². The highest BCUT2D eigenvalue weighted by atomic mass is 32.2. The van der Waals surface area contributed by atoms with Crippen molar-refractivity contribution in [3.8, 4) is 0 Å². The number of nitrogens with zero attached hydrogens (tertiary/aromatic N) is 3. The van der Waals surface area contributed by atoms with Gasteiger partial charge in [0.2, 0.25) is 10.0 Å². The Morgan fingerprint density at radius 1 is 1.00 bits per heavy atom. The minimum absolute atomic E-state index is 0.0891. The lowest BCUT2D eigenvalue weighted by molar-refractivity contribution is 0.0126. The third-order valence-corrected chi connectivity index (χ3v) is 9.19. The molecule has 1 amide bonds. The third kappa shape index (κ3) is 4.34. The number of Topliss-reactive ketones (excluding diaryl/α,β-unsaturated/α-hetero) is 1. The number of benzene rings is 1. The summed E-state index contributed by atoms with van der Waals surface area (Å²) in [6.45, 7) is 10.4. The maximum atomic E-state index is 13.3. The standard InChI is InChI=1S/C26H36N4O4S/c1-18-17-19(7-9-21(18)35(33,34)27-5)24(32)29-13-11-26(12-14-29)22-10-8-20(23(31)25(2,3)4)30(22)16-15-28(26)6/h7-10,17,27H,11-16H2,1-6H3. The van der Waals surface area contributed by atoms with Gasteiger partial charge in [0.05, 0.1) is 16.1 Å². The van der Waals surface area contributed by atoms with Crippen molar-refractivity contribution in [1.82, 2.24) is 19.1 Å². The molecule has 0 saturated carbocycles. The molecule has 0 bridgehead atoms. The fraction of sp³-hybridized carbons (Fsp3) is 0.538. The molecule has 1 saturated heterocycles. The number of aryl methyl sites for hydroxylation is 1. The van der Waals surface area contributed by atoms with Gasteiger partial charge in [0.25, 0.3) is 5.91 Å². The van der Waals surface area contributed by atoms with Gasteiger partial charge in [0, 0.05) is 42.9 Å². The number of likely N-dealkylation sites (N-methyl/N-ethyl adjacent to an activating group) is 1. The molecule has 190 valence electrons. The van der Waals surface area contributed by atoms with Crippen LogP contribution in [0, 0.1) is 12.3 Å². The van der Waals surface area contributed by atoms with E-state index >= 15 is 0 Å². The quantitative estimate of drug-likeness (QED) is 0.652. The molecular formula is C26H36N4O4S. The molecule has 2 aromatic rings. The molecule has 0 aliphatic carbocycles. The molecule has 8 nitrogen and oxygen atoms in total. The first-order valence-corrected chi connectivity index (χ1v) is 13.6. The van der Waals surface area contributed by atoms with Crippen LogP contribution in [0.2, 0.25) is 0 Å². The molecule has 1 aromatic carbocycles. The normalized spacial score (nSPS) is 18.5. The lowest BCUT2D eigenvalue weighted by Crippen LogP contribution is -2.56. The summed E-state index contributed by atoms with van der Waals surface area (Å²) >= 11 is 0. The number of aromatic nitrogens is 1. The van der Waals surface area contributed by atoms with Gasteiger partial charge in [-0.1, -0.05) is 20.8 Å². The van der Waals surface area contributed by atoms with Crippen molar-refractivity contribution in [3.63, 3.8) is 0 Å². The SMILES string of the molecule is CNS(=O)(=O)c1ccc(C(=O)N2CCC3(CC2)c2ccc(C(=O)C(C)(C)C)n2CCN3C)cc1C. The molecular weight excluding hydrogens is 464 g/mol. The van der Waals surface area contributed by atoms with E-state index in [4.69, 9.17) is 0 Å². The van der Waals surface area contributed by atoms with E-state index in [1.807, 2.05) is 31.7 Å². The van der Waals surface area contributed by atoms with E-state index in [0.717, 1.165) is 37.3 Å². The molecule has 9 heteroatoms. The summed E-state index contributed by atoms with van der Waals surface area (Å²) in [7, 11) is -0.0681. The van der Waals surface area contributed by atoms with E-state index in [1.54, 1.807) is 19.1 Å². The molecule has 3 heterocycles. The Labute approximate surface area is 208 Å². The lowest BCUT2D eigenvalue weighted by Gasteiger charge is -2.50. The van der Waals surface area contributed by atoms with Crippen LogP contribution in [0.15, 0.2) is 35.2 Å². The Morgan fingerprint density at radius 2 is 1.66 bits per heavy atom. The summed E-state index contributed by atoms with van der Waals surface area (Å²) in [6, 6.07) is 8.79. The Balaban J connectivity index is 1.56. The number of hydrogen-bond acceptors (Lipinski definition) is 5. The van der Waals surface area contributed by atoms with Crippen LogP contribution in [0.5, 0.6) is 0 Å². The molecule has 4 rings (SSSR count). The number of sulfonamides is 1. The monoisotopic (exact) mass is 500 g/mol. The number of carbonyl (C=O) groups excluding carboxylic acids is 2. The fourth-order valence-corrected chi connectivity index (χ4v) is 6.40. The third-order valence-electron chi connectivity index (χ3n) is 7.62. The zero-order valence-corrected chi connectivity index (χ0v) is 22.3. The predicted molar refractivity (Wildman–Crippen MR) is 135 cm³/mol. The zero-order chi connectivity index (χ0) is 25.8. The summed E-state index contributed by atoms with van der Waals surface area (Å²) in [5.41, 5.74) is 2.30. The number of amides is 1. The molecule has 35 heavy (non-hydrogen) atoms. The van der Waals surface area contributed by atoms with Crippen molar-refractivity contribution < 1.29 is 18.0 Å². The van der Waals surface area contributed by atoms with Gasteiger partial charge in [-0.2, -0.15) is 0 Å². The molecule has 1 spiro atoms. The Hall–Kier alpha value is -2.49. The fourth-order valence-electron chi connectivity index (χ4n) is 5.45. The second-order valence-electron chi connectivity index (χ2n) is 10.8. The number of carbonyl (C=O) groups is 2. The van der Waals surface area contributed by atoms with Crippen molar-refractivity contribution in [2.24, 2.45) is 5.41 Å². The van der Waals surface area contributed by atoms with E-state index in [1.165, 1.54) is 13.1 Å². The first-order chi connectivity index (χ1) is 16.3. The van der Waals surface area contributed by atoms with E-state index < -0.39 is 15.4 Å². The second kappa shape index (κ2) is 8.87. The first-order valence-electron chi connectivity index (χ1n) is 12.1. The van der Waals surface area contributed by atoms with Crippen LogP contribution in [-0.4, -0.2) is 68.2 Å². The number of likely N-dealkylation sites (tertiary alicyclic amines) is 1. The van der Waals surface area contributed by atoms with Gasteiger partial charge in [-0.3, -0.25) is 14.5 Å². The second-order valence-corrected chi connectivity index (χ2v) is 12.6. The Morgan fingerprint density at radius 3 is 2.23 bits per heavy atom. The Kier molecular flexibility index (Phi) is 6.49. The highest BCUT2D eigenvalue weighted by Gasteiger charge is 2.45. The summed E-state index contributed by atoms with van der Waals surface area (Å²) < 4.78 is 28.9. The maximum Gasteiger partial charge on any atom is 0.253 e. The summed E-state index contributed by atoms with van der Waals surface area (Å²) in [5, 5.41) is 0. The molecule has 1 N–H and O–H groups in total. The van der Waals surface area contributed by atoms with Gasteiger partial charge in [-0.15, -0.1) is 0 Å². The molecule has 2 aliphatic heterocycles. The van der Waals surface area contributed by atoms with Gasteiger partial charge in [-0.25, -0.2) is 13.1 Å². The molecule has 0 atom stereocenters. The predicted octanol–water partition coefficient (Wildman–Crippen LogP) is 3.01. The average molecular weight is 501 g/mol. The van der Waals surface area contributed by atoms with E-state index in [0.29, 0.717) is 24.2 Å². The van der Waals surface area contributed by atoms with Crippen LogP contribution >= 0.6 is 0 Å². The van der Waals surface area contributed by atoms with E-state index in [-0.39, 0.29) is 22.1 Å². The minimum Gasteiger partial charge on any atom is -0.339 e. The van der Waals surface area contributed by atoms with E-state index in [2.05, 4.69) is 27.3 Å². The molecule has 0 radical (unpaired) electrons. The highest BCUT2D eigenvalue weighted by molar-refractivity contribution is 7.89. The van der Waals surface area contributed by atoms with Gasteiger partial charge in [-0.05, 0) is 69.8 Å². The number of hydrogen-bond donors (Lipinski definition) is 1. The molecule has 1 aromatic heterocycles. The van der Waals surface area contributed by atoms with Crippen molar-refractivity contribution >= 4 is 21.7 Å². The number of rotatable bonds is 4. The molecule has 2 aliphatic rings. The van der Waals surface area contributed by atoms with Crippen LogP contribution < -0.4 is 4.72 Å². The van der Waals surface area contributed by atoms with Gasteiger partial charge >= 0.3 is 0 Å². The summed E-state index contributed by atoms with van der Waals surface area (Å²) in [5.74, 6) is 0.0592. The van der Waals surface area contributed by atoms with Crippen LogP contribution in [0.3, 0.4) is 0 Å². The minimum atomic E-state index is -3.57.